The molecule has 1 aliphatic heterocycles. The van der Waals surface area contributed by atoms with Crippen LogP contribution in [0.3, 0.4) is 0 Å². The van der Waals surface area contributed by atoms with Gasteiger partial charge in [0.25, 0.3) is 5.91 Å². The molecule has 0 aromatic heterocycles. The van der Waals surface area contributed by atoms with Crippen molar-refractivity contribution >= 4 is 40.6 Å². The van der Waals surface area contributed by atoms with Gasteiger partial charge in [0.15, 0.2) is 5.71 Å². The highest BCUT2D eigenvalue weighted by Gasteiger charge is 2.28. The van der Waals surface area contributed by atoms with Gasteiger partial charge in [-0.3, -0.25) is 4.79 Å². The molecule has 6 heteroatoms. The van der Waals surface area contributed by atoms with Crippen molar-refractivity contribution in [1.82, 2.24) is 0 Å². The van der Waals surface area contributed by atoms with E-state index in [0.29, 0.717) is 22.8 Å². The van der Waals surface area contributed by atoms with E-state index in [2.05, 4.69) is 9.98 Å². The molecule has 1 aromatic carbocycles. The van der Waals surface area contributed by atoms with Crippen molar-refractivity contribution in [2.75, 3.05) is 11.9 Å². The fourth-order valence-electron chi connectivity index (χ4n) is 1.76. The number of aliphatic imine (C=N–C) groups is 2. The summed E-state index contributed by atoms with van der Waals surface area (Å²) in [6.45, 7) is 1.82. The number of benzene rings is 1. The number of carbonyl (C=O) groups excluding carboxylic acids is 2. The van der Waals surface area contributed by atoms with Gasteiger partial charge in [0, 0.05) is 7.05 Å². The molecule has 0 atom stereocenters. The van der Waals surface area contributed by atoms with Crippen LogP contribution in [0.4, 0.5) is 10.5 Å². The van der Waals surface area contributed by atoms with Gasteiger partial charge in [0.05, 0.1) is 16.4 Å². The average molecular weight is 278 g/mol. The summed E-state index contributed by atoms with van der Waals surface area (Å²) < 4.78 is 0. The lowest BCUT2D eigenvalue weighted by molar-refractivity contribution is -0.112. The third kappa shape index (κ3) is 2.56. The second-order valence-electron chi connectivity index (χ2n) is 3.97. The van der Waals surface area contributed by atoms with Crippen molar-refractivity contribution in [2.45, 2.75) is 13.3 Å². The van der Waals surface area contributed by atoms with Gasteiger partial charge in [-0.15, -0.1) is 0 Å². The Morgan fingerprint density at radius 1 is 1.32 bits per heavy atom. The number of nitrogens with zero attached hydrogens (tertiary/aromatic N) is 3. The summed E-state index contributed by atoms with van der Waals surface area (Å²) in [5.74, 6) is -0.389. The van der Waals surface area contributed by atoms with Gasteiger partial charge >= 0.3 is 6.03 Å². The van der Waals surface area contributed by atoms with Crippen molar-refractivity contribution < 1.29 is 9.59 Å². The van der Waals surface area contributed by atoms with Gasteiger partial charge in [-0.05, 0) is 18.6 Å². The van der Waals surface area contributed by atoms with Crippen molar-refractivity contribution in [2.24, 2.45) is 9.98 Å². The molecule has 19 heavy (non-hydrogen) atoms. The molecule has 1 aromatic rings. The first-order valence-electron chi connectivity index (χ1n) is 5.77. The number of halogens is 1. The summed E-state index contributed by atoms with van der Waals surface area (Å²) in [4.78, 5) is 32.2. The molecule has 0 bridgehead atoms. The van der Waals surface area contributed by atoms with Gasteiger partial charge in [0.1, 0.15) is 0 Å². The van der Waals surface area contributed by atoms with Gasteiger partial charge in [-0.2, -0.15) is 9.98 Å². The molecule has 0 radical (unpaired) electrons. The molecule has 0 spiro atoms. The van der Waals surface area contributed by atoms with Crippen LogP contribution < -0.4 is 4.90 Å². The summed E-state index contributed by atoms with van der Waals surface area (Å²) in [5, 5.41) is 0.457. The van der Waals surface area contributed by atoms with Crippen LogP contribution in [0.2, 0.25) is 5.02 Å². The summed E-state index contributed by atoms with van der Waals surface area (Å²) >= 11 is 6.04. The molecule has 3 amide bonds. The topological polar surface area (TPSA) is 62.1 Å². The van der Waals surface area contributed by atoms with E-state index < -0.39 is 6.03 Å². The number of rotatable bonds is 3. The van der Waals surface area contributed by atoms with E-state index in [1.54, 1.807) is 31.3 Å². The number of carbonyl (C=O) groups is 2. The quantitative estimate of drug-likeness (QED) is 0.853. The van der Waals surface area contributed by atoms with E-state index in [1.807, 2.05) is 6.92 Å². The molecule has 0 saturated heterocycles. The highest BCUT2D eigenvalue weighted by molar-refractivity contribution is 6.71. The highest BCUT2D eigenvalue weighted by Crippen LogP contribution is 2.24. The molecular formula is C13H12ClN3O2. The maximum absolute atomic E-state index is 12.3. The molecule has 1 aliphatic rings. The van der Waals surface area contributed by atoms with Crippen LogP contribution in [0.5, 0.6) is 0 Å². The number of urea groups is 1. The van der Waals surface area contributed by atoms with Crippen LogP contribution in [0, 0.1) is 0 Å². The van der Waals surface area contributed by atoms with Gasteiger partial charge in [-0.1, -0.05) is 30.7 Å². The Morgan fingerprint density at radius 3 is 2.63 bits per heavy atom. The lowest BCUT2D eigenvalue weighted by Crippen LogP contribution is -2.36. The first kappa shape index (κ1) is 13.4. The molecule has 0 fully saturated rings. The molecule has 5 nitrogen and oxygen atoms in total. The highest BCUT2D eigenvalue weighted by atomic mass is 35.5. The Kier molecular flexibility index (Phi) is 3.76. The predicted octanol–water partition coefficient (Wildman–Crippen LogP) is 2.73. The van der Waals surface area contributed by atoms with E-state index in [-0.39, 0.29) is 11.6 Å². The summed E-state index contributed by atoms with van der Waals surface area (Å²) in [6, 6.07) is 6.34. The molecule has 2 rings (SSSR count). The van der Waals surface area contributed by atoms with E-state index in [4.69, 9.17) is 11.6 Å². The Hall–Kier alpha value is -2.01. The number of hydrogen-bond acceptors (Lipinski definition) is 2. The lowest BCUT2D eigenvalue weighted by atomic mass is 10.1. The molecule has 0 unspecified atom stereocenters. The van der Waals surface area contributed by atoms with Crippen LogP contribution in [0.1, 0.15) is 13.3 Å². The Balaban J connectivity index is 2.31. The van der Waals surface area contributed by atoms with Crippen LogP contribution >= 0.6 is 11.6 Å². The minimum Gasteiger partial charge on any atom is -0.309 e. The van der Waals surface area contributed by atoms with Crippen LogP contribution in [-0.2, 0) is 4.79 Å². The molecule has 98 valence electrons. The predicted molar refractivity (Wildman–Crippen MR) is 75.4 cm³/mol. The van der Waals surface area contributed by atoms with Crippen molar-refractivity contribution in [3.8, 4) is 0 Å². The monoisotopic (exact) mass is 277 g/mol. The normalized spacial score (nSPS) is 14.2. The van der Waals surface area contributed by atoms with E-state index in [1.165, 1.54) is 4.90 Å². The van der Waals surface area contributed by atoms with Crippen molar-refractivity contribution in [1.29, 1.82) is 0 Å². The Bertz CT molecular complexity index is 608. The fraction of sp³-hybridized carbons (Fsp3) is 0.231. The zero-order chi connectivity index (χ0) is 14.0. The average Bonchev–Trinajstić information content (AvgIpc) is 2.79. The van der Waals surface area contributed by atoms with Gasteiger partial charge in [-0.25, -0.2) is 4.79 Å². The standard InChI is InChI=1S/C13H12ClN3O2/c1-3-9-11(16-13(19)15-9)12(18)17(2)10-7-5-4-6-8(10)14/h4-7H,3H2,1-2H3. The molecule has 0 N–H and O–H groups in total. The first-order valence-corrected chi connectivity index (χ1v) is 6.15. The minimum atomic E-state index is -0.632. The number of amides is 3. The van der Waals surface area contributed by atoms with Gasteiger partial charge < -0.3 is 4.90 Å². The minimum absolute atomic E-state index is 0.0925. The maximum Gasteiger partial charge on any atom is 0.368 e. The molecular weight excluding hydrogens is 266 g/mol. The number of hydrogen-bond donors (Lipinski definition) is 0. The number of para-hydroxylation sites is 1. The van der Waals surface area contributed by atoms with Crippen molar-refractivity contribution in [3.05, 3.63) is 29.3 Å². The van der Waals surface area contributed by atoms with Gasteiger partial charge in [0.2, 0.25) is 0 Å². The summed E-state index contributed by atoms with van der Waals surface area (Å²) in [7, 11) is 1.59. The van der Waals surface area contributed by atoms with Crippen molar-refractivity contribution in [3.63, 3.8) is 0 Å². The zero-order valence-electron chi connectivity index (χ0n) is 10.6. The SMILES string of the molecule is CCC1=NC(=O)N=C1C(=O)N(C)c1ccccc1Cl. The third-order valence-corrected chi connectivity index (χ3v) is 3.09. The fourth-order valence-corrected chi connectivity index (χ4v) is 2.03. The van der Waals surface area contributed by atoms with E-state index in [9.17, 15) is 9.59 Å². The largest absolute Gasteiger partial charge is 0.368 e. The first-order chi connectivity index (χ1) is 9.04. The molecule has 0 aliphatic carbocycles. The Morgan fingerprint density at radius 2 is 2.00 bits per heavy atom. The lowest BCUT2D eigenvalue weighted by Gasteiger charge is -2.18. The Labute approximate surface area is 115 Å². The zero-order valence-corrected chi connectivity index (χ0v) is 11.3. The summed E-state index contributed by atoms with van der Waals surface area (Å²) in [6.07, 6.45) is 0.479. The van der Waals surface area contributed by atoms with Crippen LogP contribution in [0.25, 0.3) is 0 Å². The smallest absolute Gasteiger partial charge is 0.309 e. The van der Waals surface area contributed by atoms with E-state index >= 15 is 0 Å². The van der Waals surface area contributed by atoms with Crippen LogP contribution in [-0.4, -0.2) is 30.4 Å². The third-order valence-electron chi connectivity index (χ3n) is 2.77. The maximum atomic E-state index is 12.3. The second kappa shape index (κ2) is 5.32. The summed E-state index contributed by atoms with van der Waals surface area (Å²) in [5.41, 5.74) is 1.07. The second-order valence-corrected chi connectivity index (χ2v) is 4.38. The van der Waals surface area contributed by atoms with Crippen LogP contribution in [0.15, 0.2) is 34.3 Å². The number of anilines is 1. The molecule has 1 heterocycles. The molecule has 0 saturated carbocycles. The van der Waals surface area contributed by atoms with E-state index in [0.717, 1.165) is 0 Å².